The van der Waals surface area contributed by atoms with Gasteiger partial charge in [-0.2, -0.15) is 5.26 Å². The Morgan fingerprint density at radius 3 is 2.56 bits per heavy atom. The smallest absolute Gasteiger partial charge is 0.185 e. The van der Waals surface area contributed by atoms with Crippen LogP contribution in [0.1, 0.15) is 5.56 Å². The van der Waals surface area contributed by atoms with Gasteiger partial charge in [-0.05, 0) is 0 Å². The second-order valence-corrected chi connectivity index (χ2v) is 3.35. The fraction of sp³-hybridized carbons (Fsp3) is 0. The fourth-order valence-corrected chi connectivity index (χ4v) is 1.58. The second-order valence-electron chi connectivity index (χ2n) is 2.98. The van der Waals surface area contributed by atoms with Crippen LogP contribution in [0.5, 0.6) is 0 Å². The summed E-state index contributed by atoms with van der Waals surface area (Å²) in [6.07, 6.45) is 0.965. The summed E-state index contributed by atoms with van der Waals surface area (Å²) in [5.41, 5.74) is -0.624. The molecule has 0 bridgehead atoms. The summed E-state index contributed by atoms with van der Waals surface area (Å²) < 4.78 is 39.5. The molecule has 0 radical (unpaired) electrons. The molecule has 0 unspecified atom stereocenters. The van der Waals surface area contributed by atoms with Gasteiger partial charge >= 0.3 is 0 Å². The van der Waals surface area contributed by atoms with Gasteiger partial charge in [0.15, 0.2) is 11.6 Å². The van der Waals surface area contributed by atoms with Crippen molar-refractivity contribution in [2.45, 2.75) is 0 Å². The van der Waals surface area contributed by atoms with E-state index in [2.05, 4.69) is 4.98 Å². The van der Waals surface area contributed by atoms with Gasteiger partial charge < -0.3 is 0 Å². The number of nitrogens with zero attached hydrogens (tertiary/aromatic N) is 2. The maximum Gasteiger partial charge on any atom is 0.185 e. The van der Waals surface area contributed by atoms with Crippen LogP contribution in [0, 0.1) is 28.8 Å². The minimum atomic E-state index is -1.35. The Bertz CT molecular complexity index is 634. The van der Waals surface area contributed by atoms with E-state index in [1.54, 1.807) is 6.07 Å². The molecule has 1 aromatic carbocycles. The zero-order valence-corrected chi connectivity index (χ0v) is 8.32. The molecule has 0 atom stereocenters. The topological polar surface area (TPSA) is 36.7 Å². The number of hydrogen-bond donors (Lipinski definition) is 0. The number of pyridine rings is 1. The quantitative estimate of drug-likeness (QED) is 0.665. The van der Waals surface area contributed by atoms with Crippen LogP contribution < -0.4 is 0 Å². The van der Waals surface area contributed by atoms with Crippen molar-refractivity contribution in [3.63, 3.8) is 0 Å². The van der Waals surface area contributed by atoms with Crippen molar-refractivity contribution in [3.05, 3.63) is 40.3 Å². The fourth-order valence-electron chi connectivity index (χ4n) is 1.31. The van der Waals surface area contributed by atoms with E-state index in [9.17, 15) is 13.2 Å². The number of nitriles is 1. The molecule has 2 rings (SSSR count). The Kier molecular flexibility index (Phi) is 2.44. The summed E-state index contributed by atoms with van der Waals surface area (Å²) in [4.78, 5) is 3.47. The predicted molar refractivity (Wildman–Crippen MR) is 51.3 cm³/mol. The lowest BCUT2D eigenvalue weighted by molar-refractivity contribution is 0.504. The molecule has 0 aliphatic heterocycles. The summed E-state index contributed by atoms with van der Waals surface area (Å²) in [5.74, 6) is -3.69. The highest BCUT2D eigenvalue weighted by atomic mass is 35.5. The van der Waals surface area contributed by atoms with Crippen LogP contribution in [0.4, 0.5) is 13.2 Å². The van der Waals surface area contributed by atoms with E-state index < -0.39 is 23.0 Å². The normalized spacial score (nSPS) is 10.4. The highest BCUT2D eigenvalue weighted by Gasteiger charge is 2.18. The molecule has 0 spiro atoms. The largest absolute Gasteiger partial charge is 0.251 e. The van der Waals surface area contributed by atoms with Crippen molar-refractivity contribution >= 4 is 22.5 Å². The monoisotopic (exact) mass is 242 g/mol. The molecule has 0 N–H and O–H groups in total. The number of fused-ring (bicyclic) bond motifs is 1. The van der Waals surface area contributed by atoms with E-state index in [1.165, 1.54) is 0 Å². The molecule has 0 aliphatic rings. The summed E-state index contributed by atoms with van der Waals surface area (Å²) in [6.45, 7) is 0. The second kappa shape index (κ2) is 3.65. The van der Waals surface area contributed by atoms with Gasteiger partial charge in [-0.15, -0.1) is 0 Å². The lowest BCUT2D eigenvalue weighted by atomic mass is 10.1. The maximum absolute atomic E-state index is 13.4. The highest BCUT2D eigenvalue weighted by molar-refractivity contribution is 6.36. The minimum Gasteiger partial charge on any atom is -0.251 e. The van der Waals surface area contributed by atoms with Gasteiger partial charge in [-0.1, -0.05) is 11.6 Å². The summed E-state index contributed by atoms with van der Waals surface area (Å²) in [6, 6.07) is 2.04. The first-order valence-electron chi connectivity index (χ1n) is 4.08. The van der Waals surface area contributed by atoms with E-state index in [-0.39, 0.29) is 16.0 Å². The number of rotatable bonds is 0. The van der Waals surface area contributed by atoms with Gasteiger partial charge in [-0.25, -0.2) is 13.2 Å². The van der Waals surface area contributed by atoms with E-state index >= 15 is 0 Å². The van der Waals surface area contributed by atoms with Gasteiger partial charge in [0.05, 0.1) is 16.0 Å². The van der Waals surface area contributed by atoms with Crippen molar-refractivity contribution in [3.8, 4) is 6.07 Å². The lowest BCUT2D eigenvalue weighted by Crippen LogP contribution is -1.95. The van der Waals surface area contributed by atoms with Gasteiger partial charge in [0.1, 0.15) is 17.4 Å². The number of benzene rings is 1. The van der Waals surface area contributed by atoms with Crippen LogP contribution in [-0.4, -0.2) is 4.98 Å². The van der Waals surface area contributed by atoms with Crippen LogP contribution in [0.2, 0.25) is 5.02 Å². The van der Waals surface area contributed by atoms with Crippen LogP contribution >= 0.6 is 11.6 Å². The van der Waals surface area contributed by atoms with Gasteiger partial charge in [0, 0.05) is 12.3 Å². The van der Waals surface area contributed by atoms with Crippen LogP contribution in [0.3, 0.4) is 0 Å². The maximum atomic E-state index is 13.4. The standard InChI is InChI=1S/C10H2ClF3N2/c11-8-4(2-15)3-16-10-7(8)5(12)1-6(13)9(10)14/h1,3H. The zero-order chi connectivity index (χ0) is 11.9. The molecule has 0 saturated heterocycles. The molecule has 80 valence electrons. The van der Waals surface area contributed by atoms with E-state index in [4.69, 9.17) is 16.9 Å². The predicted octanol–water partition coefficient (Wildman–Crippen LogP) is 3.18. The third-order valence-electron chi connectivity index (χ3n) is 2.05. The summed E-state index contributed by atoms with van der Waals surface area (Å²) >= 11 is 5.68. The first-order chi connectivity index (χ1) is 7.56. The highest BCUT2D eigenvalue weighted by Crippen LogP contribution is 2.30. The molecule has 2 aromatic rings. The third-order valence-corrected chi connectivity index (χ3v) is 2.44. The first-order valence-corrected chi connectivity index (χ1v) is 4.46. The van der Waals surface area contributed by atoms with Crippen molar-refractivity contribution in [2.75, 3.05) is 0 Å². The molecule has 0 fully saturated rings. The molecule has 2 nitrogen and oxygen atoms in total. The Morgan fingerprint density at radius 1 is 1.25 bits per heavy atom. The van der Waals surface area contributed by atoms with Crippen molar-refractivity contribution in [2.24, 2.45) is 0 Å². The Morgan fingerprint density at radius 2 is 1.94 bits per heavy atom. The minimum absolute atomic E-state index is 0.0981. The van der Waals surface area contributed by atoms with E-state index in [0.29, 0.717) is 6.07 Å². The van der Waals surface area contributed by atoms with Crippen molar-refractivity contribution in [1.29, 1.82) is 5.26 Å². The molecule has 1 aromatic heterocycles. The third kappa shape index (κ3) is 1.39. The average molecular weight is 243 g/mol. The Hall–Kier alpha value is -1.80. The molecule has 6 heteroatoms. The molecule has 0 saturated carbocycles. The summed E-state index contributed by atoms with van der Waals surface area (Å²) in [7, 11) is 0. The molecular formula is C10H2ClF3N2. The zero-order valence-electron chi connectivity index (χ0n) is 7.56. The summed E-state index contributed by atoms with van der Waals surface area (Å²) in [5, 5.41) is 7.96. The van der Waals surface area contributed by atoms with Crippen LogP contribution in [0.25, 0.3) is 10.9 Å². The van der Waals surface area contributed by atoms with Gasteiger partial charge in [-0.3, -0.25) is 4.98 Å². The van der Waals surface area contributed by atoms with E-state index in [1.807, 2.05) is 0 Å². The molecular weight excluding hydrogens is 241 g/mol. The first kappa shape index (κ1) is 10.7. The SMILES string of the molecule is N#Cc1cnc2c(F)c(F)cc(F)c2c1Cl. The lowest BCUT2D eigenvalue weighted by Gasteiger charge is -2.04. The van der Waals surface area contributed by atoms with Crippen molar-refractivity contribution < 1.29 is 13.2 Å². The molecule has 0 aliphatic carbocycles. The van der Waals surface area contributed by atoms with Gasteiger partial charge in [0.2, 0.25) is 0 Å². The number of aromatic nitrogens is 1. The molecule has 0 amide bonds. The number of hydrogen-bond acceptors (Lipinski definition) is 2. The molecule has 1 heterocycles. The Labute approximate surface area is 92.9 Å². The van der Waals surface area contributed by atoms with Gasteiger partial charge in [0.25, 0.3) is 0 Å². The number of halogens is 4. The average Bonchev–Trinajstić information content (AvgIpc) is 2.25. The van der Waals surface area contributed by atoms with Crippen LogP contribution in [-0.2, 0) is 0 Å². The Balaban J connectivity index is 3.02. The molecule has 16 heavy (non-hydrogen) atoms. The van der Waals surface area contributed by atoms with Crippen molar-refractivity contribution in [1.82, 2.24) is 4.98 Å². The van der Waals surface area contributed by atoms with Crippen LogP contribution in [0.15, 0.2) is 12.3 Å². The van der Waals surface area contributed by atoms with E-state index in [0.717, 1.165) is 6.20 Å².